The van der Waals surface area contributed by atoms with Gasteiger partial charge in [0.1, 0.15) is 17.1 Å². The Morgan fingerprint density at radius 1 is 1.31 bits per heavy atom. The second-order valence-corrected chi connectivity index (χ2v) is 4.62. The van der Waals surface area contributed by atoms with Gasteiger partial charge in [-0.1, -0.05) is 0 Å². The van der Waals surface area contributed by atoms with Gasteiger partial charge in [-0.05, 0) is 38.5 Å². The summed E-state index contributed by atoms with van der Waals surface area (Å²) < 4.78 is 5.80. The number of rotatable bonds is 1. The molecule has 0 atom stereocenters. The fourth-order valence-electron chi connectivity index (χ4n) is 1.72. The Morgan fingerprint density at radius 2 is 2.00 bits per heavy atom. The molecule has 0 aliphatic carbocycles. The molecule has 1 aliphatic heterocycles. The van der Waals surface area contributed by atoms with Gasteiger partial charge in [0, 0.05) is 17.2 Å². The molecule has 3 nitrogen and oxygen atoms in total. The monoisotopic (exact) mass is 220 g/mol. The molecule has 3 heteroatoms. The summed E-state index contributed by atoms with van der Waals surface area (Å²) in [5.74, 6) is 0.732. The summed E-state index contributed by atoms with van der Waals surface area (Å²) in [5.41, 5.74) is 2.19. The first-order chi connectivity index (χ1) is 7.44. The van der Waals surface area contributed by atoms with Gasteiger partial charge in [-0.2, -0.15) is 0 Å². The third-order valence-electron chi connectivity index (χ3n) is 3.07. The molecule has 0 radical (unpaired) electrons. The minimum absolute atomic E-state index is 0.0741. The van der Waals surface area contributed by atoms with Crippen LogP contribution in [0.3, 0.4) is 0 Å². The summed E-state index contributed by atoms with van der Waals surface area (Å²) in [5, 5.41) is 18.7. The summed E-state index contributed by atoms with van der Waals surface area (Å²) in [6.45, 7) is 5.81. The average molecular weight is 220 g/mol. The highest BCUT2D eigenvalue weighted by Gasteiger charge is 2.27. The van der Waals surface area contributed by atoms with Gasteiger partial charge in [-0.25, -0.2) is 0 Å². The van der Waals surface area contributed by atoms with Gasteiger partial charge >= 0.3 is 0 Å². The predicted octanol–water partition coefficient (Wildman–Crippen LogP) is 2.46. The van der Waals surface area contributed by atoms with Crippen molar-refractivity contribution in [1.82, 2.24) is 0 Å². The molecular weight excluding hydrogens is 204 g/mol. The Bertz CT molecular complexity index is 458. The van der Waals surface area contributed by atoms with Crippen LogP contribution in [0.2, 0.25) is 0 Å². The molecule has 86 valence electrons. The first kappa shape index (κ1) is 11.0. The molecule has 0 fully saturated rings. The quantitative estimate of drug-likeness (QED) is 0.764. The minimum atomic E-state index is -0.347. The minimum Gasteiger partial charge on any atom is -0.507 e. The summed E-state index contributed by atoms with van der Waals surface area (Å²) >= 11 is 0. The largest absolute Gasteiger partial charge is 0.507 e. The lowest BCUT2D eigenvalue weighted by molar-refractivity contribution is 0.145. The van der Waals surface area contributed by atoms with Gasteiger partial charge in [0.25, 0.3) is 0 Å². The molecule has 0 unspecified atom stereocenters. The SMILES string of the molecule is CC1=Cc2cc(CO)c(O)cc2OC1(C)C. The van der Waals surface area contributed by atoms with Crippen LogP contribution in [0.4, 0.5) is 0 Å². The van der Waals surface area contributed by atoms with Crippen LogP contribution in [-0.4, -0.2) is 15.8 Å². The molecule has 0 saturated carbocycles. The number of aliphatic hydroxyl groups is 1. The molecule has 1 aliphatic rings. The van der Waals surface area contributed by atoms with Crippen molar-refractivity contribution in [3.05, 3.63) is 28.8 Å². The van der Waals surface area contributed by atoms with Crippen LogP contribution < -0.4 is 4.74 Å². The summed E-state index contributed by atoms with van der Waals surface area (Å²) in [4.78, 5) is 0. The Hall–Kier alpha value is -1.48. The first-order valence-corrected chi connectivity index (χ1v) is 5.28. The van der Waals surface area contributed by atoms with E-state index < -0.39 is 0 Å². The van der Waals surface area contributed by atoms with Crippen LogP contribution in [0, 0.1) is 0 Å². The lowest BCUT2D eigenvalue weighted by Crippen LogP contribution is -2.31. The molecule has 0 spiro atoms. The summed E-state index contributed by atoms with van der Waals surface area (Å²) in [6, 6.07) is 3.31. The number of aliphatic hydroxyl groups excluding tert-OH is 1. The highest BCUT2D eigenvalue weighted by atomic mass is 16.5. The van der Waals surface area contributed by atoms with Crippen molar-refractivity contribution < 1.29 is 14.9 Å². The topological polar surface area (TPSA) is 49.7 Å². The molecule has 0 bridgehead atoms. The number of fused-ring (bicyclic) bond motifs is 1. The highest BCUT2D eigenvalue weighted by molar-refractivity contribution is 5.66. The van der Waals surface area contributed by atoms with E-state index in [4.69, 9.17) is 9.84 Å². The van der Waals surface area contributed by atoms with E-state index in [0.29, 0.717) is 11.3 Å². The second-order valence-electron chi connectivity index (χ2n) is 4.62. The molecular formula is C13H16O3. The van der Waals surface area contributed by atoms with E-state index in [-0.39, 0.29) is 18.0 Å². The van der Waals surface area contributed by atoms with E-state index in [1.807, 2.05) is 26.8 Å². The van der Waals surface area contributed by atoms with Crippen molar-refractivity contribution in [3.8, 4) is 11.5 Å². The van der Waals surface area contributed by atoms with Crippen LogP contribution in [0.15, 0.2) is 17.7 Å². The van der Waals surface area contributed by atoms with Crippen molar-refractivity contribution in [2.75, 3.05) is 0 Å². The lowest BCUT2D eigenvalue weighted by atomic mass is 9.93. The third kappa shape index (κ3) is 1.67. The third-order valence-corrected chi connectivity index (χ3v) is 3.07. The maximum atomic E-state index is 9.64. The van der Waals surface area contributed by atoms with Crippen molar-refractivity contribution in [3.63, 3.8) is 0 Å². The molecule has 16 heavy (non-hydrogen) atoms. The van der Waals surface area contributed by atoms with Gasteiger partial charge in [0.15, 0.2) is 0 Å². The zero-order valence-corrected chi connectivity index (χ0v) is 9.74. The highest BCUT2D eigenvalue weighted by Crippen LogP contribution is 2.38. The molecule has 0 aromatic heterocycles. The number of phenols is 1. The number of hydrogen-bond acceptors (Lipinski definition) is 3. The normalized spacial score (nSPS) is 17.4. The number of hydrogen-bond donors (Lipinski definition) is 2. The van der Waals surface area contributed by atoms with Crippen molar-refractivity contribution in [1.29, 1.82) is 0 Å². The van der Waals surface area contributed by atoms with Gasteiger partial charge in [-0.3, -0.25) is 0 Å². The van der Waals surface area contributed by atoms with Crippen LogP contribution in [0.5, 0.6) is 11.5 Å². The van der Waals surface area contributed by atoms with E-state index in [0.717, 1.165) is 11.1 Å². The molecule has 1 heterocycles. The van der Waals surface area contributed by atoms with Crippen molar-refractivity contribution >= 4 is 6.08 Å². The fourth-order valence-corrected chi connectivity index (χ4v) is 1.72. The van der Waals surface area contributed by atoms with E-state index in [1.165, 1.54) is 0 Å². The standard InChI is InChI=1S/C13H16O3/c1-8-4-9-5-10(7-14)11(15)6-12(9)16-13(8,2)3/h4-6,14-15H,7H2,1-3H3. The van der Waals surface area contributed by atoms with Gasteiger partial charge in [0.05, 0.1) is 6.61 Å². The van der Waals surface area contributed by atoms with Crippen LogP contribution in [0.25, 0.3) is 6.08 Å². The molecule has 1 aromatic rings. The van der Waals surface area contributed by atoms with Crippen LogP contribution in [-0.2, 0) is 6.61 Å². The molecule has 1 aromatic carbocycles. The summed E-state index contributed by atoms with van der Waals surface area (Å²) in [7, 11) is 0. The molecule has 0 saturated heterocycles. The second kappa shape index (κ2) is 3.52. The maximum absolute atomic E-state index is 9.64. The van der Waals surface area contributed by atoms with Crippen LogP contribution in [0.1, 0.15) is 31.9 Å². The van der Waals surface area contributed by atoms with Crippen LogP contribution >= 0.6 is 0 Å². The zero-order chi connectivity index (χ0) is 11.9. The van der Waals surface area contributed by atoms with E-state index in [1.54, 1.807) is 12.1 Å². The zero-order valence-electron chi connectivity index (χ0n) is 9.74. The van der Waals surface area contributed by atoms with Crippen molar-refractivity contribution in [2.45, 2.75) is 33.0 Å². The van der Waals surface area contributed by atoms with E-state index >= 15 is 0 Å². The molecule has 2 N–H and O–H groups in total. The number of aromatic hydroxyl groups is 1. The van der Waals surface area contributed by atoms with Gasteiger partial charge in [-0.15, -0.1) is 0 Å². The van der Waals surface area contributed by atoms with Gasteiger partial charge < -0.3 is 14.9 Å². The lowest BCUT2D eigenvalue weighted by Gasteiger charge is -2.32. The van der Waals surface area contributed by atoms with Crippen molar-refractivity contribution in [2.24, 2.45) is 0 Å². The van der Waals surface area contributed by atoms with E-state index in [9.17, 15) is 5.11 Å². The Balaban J connectivity index is 2.55. The Kier molecular flexibility index (Phi) is 2.43. The smallest absolute Gasteiger partial charge is 0.131 e. The first-order valence-electron chi connectivity index (χ1n) is 5.28. The van der Waals surface area contributed by atoms with Gasteiger partial charge in [0.2, 0.25) is 0 Å². The van der Waals surface area contributed by atoms with E-state index in [2.05, 4.69) is 0 Å². The number of benzene rings is 1. The predicted molar refractivity (Wildman–Crippen MR) is 62.4 cm³/mol. The molecule has 2 rings (SSSR count). The molecule has 0 amide bonds. The average Bonchev–Trinajstić information content (AvgIpc) is 2.19. The Morgan fingerprint density at radius 3 is 2.62 bits per heavy atom. The fraction of sp³-hybridized carbons (Fsp3) is 0.385. The maximum Gasteiger partial charge on any atom is 0.131 e. The summed E-state index contributed by atoms with van der Waals surface area (Å²) in [6.07, 6.45) is 2.03. The Labute approximate surface area is 95.0 Å². The number of ether oxygens (including phenoxy) is 1.